The number of nitrogens with zero attached hydrogens (tertiary/aromatic N) is 10. The van der Waals surface area contributed by atoms with Crippen LogP contribution in [-0.4, -0.2) is 82.9 Å². The van der Waals surface area contributed by atoms with Crippen LogP contribution in [0.1, 0.15) is 102 Å². The first-order chi connectivity index (χ1) is 28.6. The molecule has 322 valence electrons. The van der Waals surface area contributed by atoms with Crippen LogP contribution in [-0.2, 0) is 48.3 Å². The first-order valence-electron chi connectivity index (χ1n) is 19.6. The SMILES string of the molecule is CC1CCc2ncc(F)cc2C2CCON2c2ccn3ncc(c3n2)C(=O)N1.CCOC(=O)c1cnn2ccc(N3OCCC3c3cc(F)cnc3CCC(C)N)nc12.[CH3-].[W]. The third-order valence-corrected chi connectivity index (χ3v) is 10.4. The minimum atomic E-state index is -0.492. The first-order valence-corrected chi connectivity index (χ1v) is 19.6. The second kappa shape index (κ2) is 19.5. The first kappa shape index (κ1) is 45.0. The summed E-state index contributed by atoms with van der Waals surface area (Å²) in [5.74, 6) is -0.463. The Kier molecular flexibility index (Phi) is 14.4. The number of anilines is 2. The van der Waals surface area contributed by atoms with Gasteiger partial charge in [0.15, 0.2) is 22.9 Å². The van der Waals surface area contributed by atoms with Crippen LogP contribution in [0.2, 0.25) is 0 Å². The van der Waals surface area contributed by atoms with Crippen molar-refractivity contribution in [3.8, 4) is 0 Å². The summed E-state index contributed by atoms with van der Waals surface area (Å²) in [6.07, 6.45) is 12.9. The molecule has 2 bridgehead atoms. The van der Waals surface area contributed by atoms with Crippen LogP contribution in [0.15, 0.2) is 61.4 Å². The number of hydrogen-bond donors (Lipinski definition) is 2. The maximum atomic E-state index is 14.1. The van der Waals surface area contributed by atoms with Crippen molar-refractivity contribution in [3.63, 3.8) is 0 Å². The standard InChI is InChI=1S/C21H25FN6O3.C19H19FN6O2.CH3.W/c1-3-30-21(29)16-12-25-27-8-6-19(26-20(16)27)28-18(7-9-31-28)15-10-14(22)11-24-17(15)5-4-13(2)23;1-11-2-3-15-13(8-12(20)9-21-15)16-5-7-28-26(16)17-4-6-25-18(24-17)14(10-22-25)19(27)23-11;;/h6,8,10-13,18H,3-5,7,9,23H2,1-2H3;4,6,8-11,16H,2-3,5,7H2,1H3,(H,23,27);1H3;/q;;-1;. The van der Waals surface area contributed by atoms with Gasteiger partial charge in [0.2, 0.25) is 0 Å². The fourth-order valence-corrected chi connectivity index (χ4v) is 7.48. The molecule has 2 fully saturated rings. The molecule has 3 aliphatic heterocycles. The number of hydrogen-bond acceptors (Lipinski definition) is 14. The predicted octanol–water partition coefficient (Wildman–Crippen LogP) is 5.26. The minimum Gasteiger partial charge on any atom is -0.462 e. The second-order valence-electron chi connectivity index (χ2n) is 14.7. The number of fused-ring (bicyclic) bond motifs is 6. The molecule has 1 amide bonds. The molecular weight excluding hydrogens is 962 g/mol. The zero-order chi connectivity index (χ0) is 41.2. The number of aryl methyl sites for hydroxylation is 2. The van der Waals surface area contributed by atoms with Gasteiger partial charge in [-0.1, -0.05) is 0 Å². The number of halogens is 2. The Bertz CT molecular complexity index is 2500. The zero-order valence-corrected chi connectivity index (χ0v) is 37.1. The summed E-state index contributed by atoms with van der Waals surface area (Å²) in [5.41, 5.74) is 10.5. The number of pyridine rings is 2. The normalized spacial score (nSPS) is 19.0. The molecule has 0 aromatic carbocycles. The minimum absolute atomic E-state index is 0. The second-order valence-corrected chi connectivity index (χ2v) is 14.7. The topological polar surface area (TPSA) is 193 Å². The van der Waals surface area contributed by atoms with E-state index in [9.17, 15) is 18.4 Å². The molecule has 3 aliphatic rings. The molecule has 3 N–H and O–H groups in total. The van der Waals surface area contributed by atoms with Crippen LogP contribution in [0, 0.1) is 19.1 Å². The van der Waals surface area contributed by atoms with E-state index in [-0.39, 0.29) is 76.6 Å². The molecule has 17 nitrogen and oxygen atoms in total. The van der Waals surface area contributed by atoms with E-state index in [0.29, 0.717) is 73.8 Å². The molecule has 9 rings (SSSR count). The third kappa shape index (κ3) is 9.54. The third-order valence-electron chi connectivity index (χ3n) is 10.4. The molecule has 61 heavy (non-hydrogen) atoms. The van der Waals surface area contributed by atoms with Crippen molar-refractivity contribution >= 4 is 34.8 Å². The number of hydroxylamine groups is 2. The van der Waals surface area contributed by atoms with Gasteiger partial charge >= 0.3 is 5.97 Å². The number of nitrogens with two attached hydrogens (primary N) is 1. The van der Waals surface area contributed by atoms with Gasteiger partial charge in [0, 0.05) is 93.0 Å². The Morgan fingerprint density at radius 1 is 0.918 bits per heavy atom. The van der Waals surface area contributed by atoms with Crippen molar-refractivity contribution in [1.82, 2.24) is 44.5 Å². The van der Waals surface area contributed by atoms with Crippen molar-refractivity contribution in [1.29, 1.82) is 0 Å². The van der Waals surface area contributed by atoms with E-state index in [1.807, 2.05) is 13.8 Å². The van der Waals surface area contributed by atoms with Crippen molar-refractivity contribution in [2.75, 3.05) is 29.9 Å². The summed E-state index contributed by atoms with van der Waals surface area (Å²) >= 11 is 0. The number of amides is 1. The van der Waals surface area contributed by atoms with E-state index in [1.54, 1.807) is 46.1 Å². The Morgan fingerprint density at radius 2 is 1.52 bits per heavy atom. The average Bonchev–Trinajstić information content (AvgIpc) is 4.05. The molecule has 6 aromatic rings. The van der Waals surface area contributed by atoms with Gasteiger partial charge in [-0.2, -0.15) is 10.2 Å². The van der Waals surface area contributed by atoms with Crippen LogP contribution in [0.25, 0.3) is 11.3 Å². The summed E-state index contributed by atoms with van der Waals surface area (Å²) in [7, 11) is 0. The average molecular weight is 1010 g/mol. The summed E-state index contributed by atoms with van der Waals surface area (Å²) in [4.78, 5) is 54.5. The molecule has 6 aromatic heterocycles. The van der Waals surface area contributed by atoms with E-state index < -0.39 is 11.8 Å². The Morgan fingerprint density at radius 3 is 2.20 bits per heavy atom. The summed E-state index contributed by atoms with van der Waals surface area (Å²) in [6, 6.07) is 6.01. The van der Waals surface area contributed by atoms with Gasteiger partial charge in [0.05, 0.1) is 56.7 Å². The molecule has 0 spiro atoms. The number of carbonyl (C=O) groups excluding carboxylic acids is 2. The molecule has 0 aliphatic carbocycles. The molecule has 4 atom stereocenters. The fraction of sp³-hybridized carbons (Fsp3) is 0.390. The van der Waals surface area contributed by atoms with Crippen LogP contribution >= 0.6 is 0 Å². The molecule has 2 saturated heterocycles. The number of aromatic nitrogens is 8. The number of nitrogens with one attached hydrogen (secondary N) is 1. The van der Waals surface area contributed by atoms with Crippen LogP contribution in [0.5, 0.6) is 0 Å². The van der Waals surface area contributed by atoms with Gasteiger partial charge in [-0.15, -0.1) is 0 Å². The number of rotatable bonds is 7. The molecular formula is C41H47F2N12O5W-. The van der Waals surface area contributed by atoms with E-state index >= 15 is 0 Å². The van der Waals surface area contributed by atoms with Crippen molar-refractivity contribution in [3.05, 3.63) is 114 Å². The Hall–Kier alpha value is -5.49. The number of ether oxygens (including phenoxy) is 1. The van der Waals surface area contributed by atoms with Crippen molar-refractivity contribution in [2.24, 2.45) is 5.73 Å². The van der Waals surface area contributed by atoms with Gasteiger partial charge in [-0.3, -0.25) is 24.4 Å². The predicted molar refractivity (Wildman–Crippen MR) is 216 cm³/mol. The molecule has 4 unspecified atom stereocenters. The van der Waals surface area contributed by atoms with E-state index in [4.69, 9.17) is 20.1 Å². The fourth-order valence-electron chi connectivity index (χ4n) is 7.48. The smallest absolute Gasteiger partial charge is 0.343 e. The maximum absolute atomic E-state index is 14.1. The monoisotopic (exact) mass is 1010 g/mol. The Labute approximate surface area is 365 Å². The van der Waals surface area contributed by atoms with Crippen molar-refractivity contribution in [2.45, 2.75) is 83.5 Å². The molecule has 20 heteroatoms. The largest absolute Gasteiger partial charge is 0.462 e. The number of carbonyl (C=O) groups is 2. The maximum Gasteiger partial charge on any atom is 0.343 e. The molecule has 0 saturated carbocycles. The van der Waals surface area contributed by atoms with Gasteiger partial charge in [-0.25, -0.2) is 42.7 Å². The van der Waals surface area contributed by atoms with Gasteiger partial charge < -0.3 is 23.2 Å². The van der Waals surface area contributed by atoms with E-state index in [1.165, 1.54) is 41.4 Å². The quantitative estimate of drug-likeness (QED) is 0.155. The number of esters is 1. The summed E-state index contributed by atoms with van der Waals surface area (Å²) in [6.45, 7) is 6.81. The van der Waals surface area contributed by atoms with E-state index in [2.05, 4.69) is 35.5 Å². The molecule has 9 heterocycles. The Balaban J connectivity index is 0.000000198. The summed E-state index contributed by atoms with van der Waals surface area (Å²) in [5, 5.41) is 14.7. The van der Waals surface area contributed by atoms with Crippen LogP contribution in [0.4, 0.5) is 20.4 Å². The van der Waals surface area contributed by atoms with Gasteiger partial charge in [0.25, 0.3) is 5.91 Å². The summed E-state index contributed by atoms with van der Waals surface area (Å²) < 4.78 is 36.2. The van der Waals surface area contributed by atoms with Crippen LogP contribution in [0.3, 0.4) is 0 Å². The zero-order valence-electron chi connectivity index (χ0n) is 34.2. The van der Waals surface area contributed by atoms with Crippen LogP contribution < -0.4 is 21.2 Å². The molecule has 0 radical (unpaired) electrons. The van der Waals surface area contributed by atoms with E-state index in [0.717, 1.165) is 28.9 Å². The van der Waals surface area contributed by atoms with Gasteiger partial charge in [-0.05, 0) is 58.6 Å². The van der Waals surface area contributed by atoms with Crippen molar-refractivity contribution < 1.29 is 53.8 Å². The van der Waals surface area contributed by atoms with Gasteiger partial charge in [0.1, 0.15) is 22.8 Å².